The molecule has 116 heavy (non-hydrogen) atoms. The minimum absolute atomic E-state index is 0. The SMILES string of the molecule is Cc1cc(-c2[c-]cc3ccccc3c2)ncc1[Si](C)(C)C.Cc1cc(-c2[c-]cc3ccccc3c2)ncc1[Si](C)(C)C.Cc1cc(-c2[c-]cc3ccccc3c2)ncc1[Si](C)(C)C.Cn1cnnc1-c1[c-]cc2c(c1)OC1C=CC=CC21.Cn1cnnc1-c1[c-]cc2c(c1)SC1C=CC=CC21.Cn1cnnc1-c1[c-]cccc1.[Ir].[Ir].[Ir]. The molecule has 2 aliphatic carbocycles. The van der Waals surface area contributed by atoms with Crippen LogP contribution in [-0.2, 0) is 81.5 Å². The van der Waals surface area contributed by atoms with Crippen molar-refractivity contribution in [1.82, 2.24) is 59.2 Å². The third kappa shape index (κ3) is 20.5. The fourth-order valence-electron chi connectivity index (χ4n) is 14.6. The minimum Gasteiger partial charge on any atom is -0.505 e. The zero-order valence-electron chi connectivity index (χ0n) is 67.8. The number of thioether (sulfide) groups is 1. The number of benzene rings is 9. The van der Waals surface area contributed by atoms with E-state index in [1.165, 1.54) is 80.6 Å². The van der Waals surface area contributed by atoms with Crippen molar-refractivity contribution in [3.05, 3.63) is 326 Å². The van der Waals surface area contributed by atoms with Gasteiger partial charge < -0.3 is 33.4 Å². The fourth-order valence-corrected chi connectivity index (χ4v) is 21.1. The smallest absolute Gasteiger partial charge is 0.117 e. The molecule has 9 aromatic carbocycles. The Morgan fingerprint density at radius 1 is 0.371 bits per heavy atom. The maximum atomic E-state index is 5.97. The topological polar surface area (TPSA) is 140 Å². The number of ether oxygens (including phenoxy) is 1. The zero-order chi connectivity index (χ0) is 79.1. The Morgan fingerprint density at radius 2 is 0.741 bits per heavy atom. The van der Waals surface area contributed by atoms with Gasteiger partial charge in [0.25, 0.3) is 0 Å². The van der Waals surface area contributed by atoms with Gasteiger partial charge in [-0.2, -0.15) is 15.3 Å². The van der Waals surface area contributed by atoms with E-state index in [0.29, 0.717) is 17.1 Å². The quantitative estimate of drug-likeness (QED) is 0.101. The number of fused-ring (bicyclic) bond motifs is 9. The number of hydrogen-bond acceptors (Lipinski definition) is 11. The van der Waals surface area contributed by atoms with Gasteiger partial charge in [-0.15, -0.1) is 197 Å². The Bertz CT molecular complexity index is 5620. The van der Waals surface area contributed by atoms with Gasteiger partial charge in [0, 0.05) is 117 Å². The average Bonchev–Trinajstić information content (AvgIpc) is 1.62. The molecule has 4 unspecified atom stereocenters. The number of aromatic nitrogens is 12. The molecule has 0 N–H and O–H groups in total. The molecule has 3 radical (unpaired) electrons. The van der Waals surface area contributed by atoms with Crippen molar-refractivity contribution in [3.63, 3.8) is 0 Å². The molecule has 15 aromatic rings. The first-order valence-corrected chi connectivity index (χ1v) is 49.5. The summed E-state index contributed by atoms with van der Waals surface area (Å²) < 4.78 is 11.6. The summed E-state index contributed by atoms with van der Waals surface area (Å²) >= 11 is 1.92. The molecule has 13 nitrogen and oxygen atoms in total. The molecule has 4 aliphatic rings. The van der Waals surface area contributed by atoms with Crippen molar-refractivity contribution in [2.75, 3.05) is 0 Å². The molecule has 0 amide bonds. The van der Waals surface area contributed by atoms with Crippen LogP contribution in [0.1, 0.15) is 39.7 Å². The number of hydrogen-bond donors (Lipinski definition) is 0. The summed E-state index contributed by atoms with van der Waals surface area (Å²) in [6.45, 7) is 27.8. The van der Waals surface area contributed by atoms with E-state index < -0.39 is 24.2 Å². The molecular formula is C96H92Ir3N12OSSi3-6. The first-order chi connectivity index (χ1) is 54.4. The monoisotopic (exact) mass is 2120 g/mol. The molecule has 0 saturated heterocycles. The normalized spacial score (nSPS) is 15.1. The van der Waals surface area contributed by atoms with E-state index in [9.17, 15) is 0 Å². The Hall–Kier alpha value is -9.66. The second-order valence-corrected chi connectivity index (χ2v) is 48.3. The van der Waals surface area contributed by atoms with Gasteiger partial charge in [0.05, 0.1) is 41.7 Å². The summed E-state index contributed by atoms with van der Waals surface area (Å²) in [7, 11) is 1.83. The van der Waals surface area contributed by atoms with Gasteiger partial charge >= 0.3 is 0 Å². The number of allylic oxidation sites excluding steroid dienone is 5. The number of aryl methyl sites for hydroxylation is 6. The van der Waals surface area contributed by atoms with E-state index in [0.717, 1.165) is 73.7 Å². The van der Waals surface area contributed by atoms with Crippen LogP contribution in [0.3, 0.4) is 0 Å². The third-order valence-corrected chi connectivity index (χ3v) is 28.2. The van der Waals surface area contributed by atoms with Crippen LogP contribution in [0.25, 0.3) is 100 Å². The maximum absolute atomic E-state index is 5.97. The predicted octanol–water partition coefficient (Wildman–Crippen LogP) is 20.2. The van der Waals surface area contributed by atoms with Crippen LogP contribution >= 0.6 is 11.8 Å². The van der Waals surface area contributed by atoms with Crippen LogP contribution in [0.2, 0.25) is 58.9 Å². The van der Waals surface area contributed by atoms with Gasteiger partial charge in [0.2, 0.25) is 0 Å². The predicted molar refractivity (Wildman–Crippen MR) is 473 cm³/mol. The molecule has 20 heteroatoms. The Kier molecular flexibility index (Phi) is 28.7. The Labute approximate surface area is 730 Å². The molecule has 19 rings (SSSR count). The van der Waals surface area contributed by atoms with Crippen LogP contribution in [0.4, 0.5) is 0 Å². The molecule has 4 atom stereocenters. The molecular weight excluding hydrogens is 2030 g/mol. The van der Waals surface area contributed by atoms with E-state index in [1.807, 2.05) is 107 Å². The van der Waals surface area contributed by atoms with E-state index in [-0.39, 0.29) is 66.4 Å². The summed E-state index contributed by atoms with van der Waals surface area (Å²) in [6.07, 6.45) is 28.6. The molecule has 593 valence electrons. The molecule has 0 bridgehead atoms. The van der Waals surface area contributed by atoms with Crippen molar-refractivity contribution < 1.29 is 65.1 Å². The van der Waals surface area contributed by atoms with Crippen molar-refractivity contribution in [3.8, 4) is 73.7 Å². The molecule has 2 aliphatic heterocycles. The van der Waals surface area contributed by atoms with Crippen LogP contribution in [0.15, 0.2) is 267 Å². The molecule has 6 aromatic heterocycles. The number of pyridine rings is 3. The van der Waals surface area contributed by atoms with Gasteiger partial charge in [-0.3, -0.25) is 0 Å². The minimum atomic E-state index is -1.32. The number of rotatable bonds is 9. The van der Waals surface area contributed by atoms with Gasteiger partial charge in [0.15, 0.2) is 0 Å². The van der Waals surface area contributed by atoms with E-state index >= 15 is 0 Å². The van der Waals surface area contributed by atoms with Crippen molar-refractivity contribution in [1.29, 1.82) is 0 Å². The first-order valence-electron chi connectivity index (χ1n) is 38.2. The zero-order valence-corrected chi connectivity index (χ0v) is 78.8. The second-order valence-electron chi connectivity index (χ2n) is 32.0. The largest absolute Gasteiger partial charge is 0.505 e. The standard InChI is InChI=1S/3C19H20NSi.C15H12N3O.C15H12N3S.C9H8N3.3Ir/c3*1-14-11-18(20-13-19(14)21(2,3)4)17-10-9-15-7-5-6-8-16(15)12-17;2*1-18-9-16-17-15(18)10-6-7-12-11-4-2-3-5-13(11)19-14(12)8-10;1-12-7-10-11-9(12)8-5-3-2-4-6-8;;;/h3*5-9,11-13H,1-4H3;2*2-5,7-9,11,13H,1H3;2-5,7H,1H3;;;/q6*-1;;;. The summed E-state index contributed by atoms with van der Waals surface area (Å²) in [5.74, 6) is 4.23. The molecule has 8 heterocycles. The second kappa shape index (κ2) is 38.2. The van der Waals surface area contributed by atoms with Crippen molar-refractivity contribution in [2.45, 2.75) is 108 Å². The van der Waals surface area contributed by atoms with Crippen LogP contribution in [0.5, 0.6) is 5.75 Å². The van der Waals surface area contributed by atoms with E-state index in [2.05, 4.69) is 344 Å². The summed E-state index contributed by atoms with van der Waals surface area (Å²) in [6, 6.07) is 80.2. The Balaban J connectivity index is 0.000000137. The van der Waals surface area contributed by atoms with Crippen LogP contribution in [-0.4, -0.2) is 94.8 Å². The van der Waals surface area contributed by atoms with Crippen LogP contribution < -0.4 is 20.3 Å². The Morgan fingerprint density at radius 3 is 1.14 bits per heavy atom. The molecule has 0 saturated carbocycles. The summed E-state index contributed by atoms with van der Waals surface area (Å²) in [5, 5.41) is 36.0. The third-order valence-electron chi connectivity index (χ3n) is 20.5. The van der Waals surface area contributed by atoms with Gasteiger partial charge in [-0.25, -0.2) is 0 Å². The first kappa shape index (κ1) is 87.2. The fraction of sp³-hybridized carbons (Fsp3) is 0.198. The average molecular weight is 2120 g/mol. The molecule has 0 spiro atoms. The maximum Gasteiger partial charge on any atom is 0.117 e. The summed E-state index contributed by atoms with van der Waals surface area (Å²) in [4.78, 5) is 15.4. The summed E-state index contributed by atoms with van der Waals surface area (Å²) in [5.41, 5.74) is 15.7. The number of nitrogens with zero attached hydrogens (tertiary/aromatic N) is 12. The van der Waals surface area contributed by atoms with Gasteiger partial charge in [-0.05, 0) is 65.4 Å². The van der Waals surface area contributed by atoms with Gasteiger partial charge in [0.1, 0.15) is 25.1 Å². The van der Waals surface area contributed by atoms with E-state index in [1.54, 1.807) is 19.0 Å². The van der Waals surface area contributed by atoms with E-state index in [4.69, 9.17) is 4.74 Å². The van der Waals surface area contributed by atoms with Gasteiger partial charge in [-0.1, -0.05) is 242 Å². The van der Waals surface area contributed by atoms with Crippen molar-refractivity contribution in [2.24, 2.45) is 21.1 Å². The van der Waals surface area contributed by atoms with Crippen LogP contribution in [0, 0.1) is 57.2 Å². The molecule has 0 fully saturated rings. The van der Waals surface area contributed by atoms with Crippen molar-refractivity contribution >= 4 is 83.9 Å².